The molecule has 0 amide bonds. The van der Waals surface area contributed by atoms with E-state index in [4.69, 9.17) is 0 Å². The Kier molecular flexibility index (Phi) is 4.85. The van der Waals surface area contributed by atoms with E-state index in [1.165, 1.54) is 0 Å². The predicted octanol–water partition coefficient (Wildman–Crippen LogP) is 3.81. The molecule has 1 aliphatic carbocycles. The second-order valence-corrected chi connectivity index (χ2v) is 7.08. The highest BCUT2D eigenvalue weighted by molar-refractivity contribution is 5.71. The van der Waals surface area contributed by atoms with Gasteiger partial charge in [-0.15, -0.1) is 5.10 Å². The summed E-state index contributed by atoms with van der Waals surface area (Å²) < 4.78 is 0. The molecule has 4 nitrogen and oxygen atoms in total. The molecule has 1 aromatic carbocycles. The van der Waals surface area contributed by atoms with Crippen LogP contribution in [0.15, 0.2) is 42.6 Å². The molecule has 1 fully saturated rings. The topological polar surface area (TPSA) is 63.1 Å². The molecular weight excluding hydrogens is 312 g/mol. The van der Waals surface area contributed by atoms with Gasteiger partial charge >= 0.3 is 5.97 Å². The molecule has 0 radical (unpaired) electrons. The van der Waals surface area contributed by atoms with E-state index in [0.717, 1.165) is 24.0 Å². The Morgan fingerprint density at radius 3 is 2.72 bits per heavy atom. The Morgan fingerprint density at radius 2 is 2.04 bits per heavy atom. The van der Waals surface area contributed by atoms with Gasteiger partial charge in [-0.25, -0.2) is 0 Å². The van der Waals surface area contributed by atoms with E-state index >= 15 is 0 Å². The van der Waals surface area contributed by atoms with Crippen LogP contribution in [0.1, 0.15) is 48.9 Å². The lowest BCUT2D eigenvalue weighted by Gasteiger charge is -2.38. The molecule has 0 aliphatic heterocycles. The standard InChI is InChI=1S/C21H22N2O2/c1-15-10-13-22-23-19(15)9-12-21(2)11-8-17(20(24)25)18(14-21)16-6-4-3-5-7-16/h3-7,10,13,17-18H,8,11,14H2,1-2H3,(H,24,25)/t17-,18+,21?/m1/s1. The number of carboxylic acids is 1. The lowest BCUT2D eigenvalue weighted by atomic mass is 9.64. The number of rotatable bonds is 2. The van der Waals surface area contributed by atoms with Crippen molar-refractivity contribution in [1.82, 2.24) is 10.2 Å². The molecule has 1 saturated carbocycles. The Morgan fingerprint density at radius 1 is 1.28 bits per heavy atom. The molecular formula is C21H22N2O2. The quantitative estimate of drug-likeness (QED) is 0.848. The van der Waals surface area contributed by atoms with Gasteiger partial charge in [0.2, 0.25) is 0 Å². The zero-order valence-corrected chi connectivity index (χ0v) is 14.6. The van der Waals surface area contributed by atoms with Crippen LogP contribution in [-0.4, -0.2) is 21.3 Å². The van der Waals surface area contributed by atoms with E-state index in [-0.39, 0.29) is 17.3 Å². The normalized spacial score (nSPS) is 25.7. The fraction of sp³-hybridized carbons (Fsp3) is 0.381. The van der Waals surface area contributed by atoms with Gasteiger partial charge in [-0.1, -0.05) is 36.3 Å². The van der Waals surface area contributed by atoms with Crippen molar-refractivity contribution in [2.75, 3.05) is 0 Å². The van der Waals surface area contributed by atoms with Crippen molar-refractivity contribution in [3.8, 4) is 11.8 Å². The highest BCUT2D eigenvalue weighted by Crippen LogP contribution is 2.46. The molecule has 3 rings (SSSR count). The monoisotopic (exact) mass is 334 g/mol. The number of nitrogens with zero attached hydrogens (tertiary/aromatic N) is 2. The minimum absolute atomic E-state index is 0.0188. The maximum atomic E-state index is 11.7. The maximum absolute atomic E-state index is 11.7. The molecule has 25 heavy (non-hydrogen) atoms. The van der Waals surface area contributed by atoms with Crippen LogP contribution >= 0.6 is 0 Å². The van der Waals surface area contributed by atoms with E-state index in [0.29, 0.717) is 12.1 Å². The van der Waals surface area contributed by atoms with Crippen molar-refractivity contribution in [2.24, 2.45) is 11.3 Å². The summed E-state index contributed by atoms with van der Waals surface area (Å²) in [6, 6.07) is 11.8. The molecule has 1 N–H and O–H groups in total. The van der Waals surface area contributed by atoms with Gasteiger partial charge < -0.3 is 5.11 Å². The third kappa shape index (κ3) is 3.88. The molecule has 1 heterocycles. The summed E-state index contributed by atoms with van der Waals surface area (Å²) in [6.45, 7) is 4.09. The smallest absolute Gasteiger partial charge is 0.307 e. The van der Waals surface area contributed by atoms with Gasteiger partial charge in [-0.05, 0) is 62.1 Å². The summed E-state index contributed by atoms with van der Waals surface area (Å²) >= 11 is 0. The predicted molar refractivity (Wildman–Crippen MR) is 95.9 cm³/mol. The van der Waals surface area contributed by atoms with Crippen molar-refractivity contribution in [1.29, 1.82) is 0 Å². The van der Waals surface area contributed by atoms with E-state index in [2.05, 4.69) is 29.0 Å². The first-order valence-corrected chi connectivity index (χ1v) is 8.58. The lowest BCUT2D eigenvalue weighted by Crippen LogP contribution is -2.33. The summed E-state index contributed by atoms with van der Waals surface area (Å²) in [5.41, 5.74) is 2.56. The molecule has 4 heteroatoms. The molecule has 2 aromatic rings. The average molecular weight is 334 g/mol. The molecule has 1 unspecified atom stereocenters. The van der Waals surface area contributed by atoms with Crippen LogP contribution < -0.4 is 0 Å². The number of carboxylic acid groups (broad SMARTS) is 1. The molecule has 128 valence electrons. The summed E-state index contributed by atoms with van der Waals surface area (Å²) in [7, 11) is 0. The third-order valence-corrected chi connectivity index (χ3v) is 5.11. The number of aryl methyl sites for hydroxylation is 1. The first-order chi connectivity index (χ1) is 12.0. The van der Waals surface area contributed by atoms with E-state index in [9.17, 15) is 9.90 Å². The molecule has 0 bridgehead atoms. The molecule has 0 saturated heterocycles. The van der Waals surface area contributed by atoms with Crippen molar-refractivity contribution < 1.29 is 9.90 Å². The second-order valence-electron chi connectivity index (χ2n) is 7.08. The minimum atomic E-state index is -0.714. The first kappa shape index (κ1) is 17.2. The minimum Gasteiger partial charge on any atom is -0.481 e. The average Bonchev–Trinajstić information content (AvgIpc) is 2.61. The van der Waals surface area contributed by atoms with Gasteiger partial charge in [-0.2, -0.15) is 5.10 Å². The van der Waals surface area contributed by atoms with Crippen molar-refractivity contribution in [3.63, 3.8) is 0 Å². The zero-order valence-electron chi connectivity index (χ0n) is 14.6. The summed E-state index contributed by atoms with van der Waals surface area (Å²) in [4.78, 5) is 11.7. The van der Waals surface area contributed by atoms with Crippen LogP contribution in [0.5, 0.6) is 0 Å². The number of hydrogen-bond acceptors (Lipinski definition) is 3. The Labute approximate surface area is 148 Å². The van der Waals surface area contributed by atoms with E-state index < -0.39 is 5.97 Å². The number of aliphatic carboxylic acids is 1. The van der Waals surface area contributed by atoms with Gasteiger partial charge in [0.1, 0.15) is 5.69 Å². The van der Waals surface area contributed by atoms with Crippen LogP contribution in [0.3, 0.4) is 0 Å². The molecule has 1 aromatic heterocycles. The number of carbonyl (C=O) groups is 1. The Hall–Kier alpha value is -2.67. The van der Waals surface area contributed by atoms with Crippen LogP contribution in [0.25, 0.3) is 0 Å². The Bertz CT molecular complexity index is 823. The highest BCUT2D eigenvalue weighted by atomic mass is 16.4. The van der Waals surface area contributed by atoms with Crippen molar-refractivity contribution in [2.45, 2.75) is 39.0 Å². The van der Waals surface area contributed by atoms with E-state index in [1.54, 1.807) is 6.20 Å². The van der Waals surface area contributed by atoms with Crippen LogP contribution in [0, 0.1) is 30.1 Å². The fourth-order valence-electron chi connectivity index (χ4n) is 3.59. The molecule has 0 spiro atoms. The number of aromatic nitrogens is 2. The van der Waals surface area contributed by atoms with Gasteiger partial charge in [0.05, 0.1) is 5.92 Å². The van der Waals surface area contributed by atoms with Gasteiger partial charge in [0.25, 0.3) is 0 Å². The van der Waals surface area contributed by atoms with Crippen LogP contribution in [0.4, 0.5) is 0 Å². The van der Waals surface area contributed by atoms with Crippen LogP contribution in [-0.2, 0) is 4.79 Å². The zero-order chi connectivity index (χ0) is 17.9. The summed E-state index contributed by atoms with van der Waals surface area (Å²) in [5.74, 6) is 5.45. The van der Waals surface area contributed by atoms with E-state index in [1.807, 2.05) is 43.3 Å². The summed E-state index contributed by atoms with van der Waals surface area (Å²) in [6.07, 6.45) is 3.81. The Balaban J connectivity index is 1.89. The van der Waals surface area contributed by atoms with Crippen molar-refractivity contribution in [3.05, 3.63) is 59.4 Å². The number of hydrogen-bond donors (Lipinski definition) is 1. The summed E-state index contributed by atoms with van der Waals surface area (Å²) in [5, 5.41) is 17.6. The van der Waals surface area contributed by atoms with Crippen LogP contribution in [0.2, 0.25) is 0 Å². The number of benzene rings is 1. The lowest BCUT2D eigenvalue weighted by molar-refractivity contribution is -0.144. The van der Waals surface area contributed by atoms with Gasteiger partial charge in [-0.3, -0.25) is 4.79 Å². The fourth-order valence-corrected chi connectivity index (χ4v) is 3.59. The molecule has 3 atom stereocenters. The SMILES string of the molecule is Cc1ccnnc1C#CC1(C)CC[C@@H](C(=O)O)[C@H](c2ccccc2)C1. The van der Waals surface area contributed by atoms with Gasteiger partial charge in [0.15, 0.2) is 0 Å². The highest BCUT2D eigenvalue weighted by Gasteiger charge is 2.40. The first-order valence-electron chi connectivity index (χ1n) is 8.58. The maximum Gasteiger partial charge on any atom is 0.307 e. The molecule has 1 aliphatic rings. The van der Waals surface area contributed by atoms with Gasteiger partial charge in [0, 0.05) is 11.6 Å². The second kappa shape index (κ2) is 7.06. The third-order valence-electron chi connectivity index (χ3n) is 5.11. The van der Waals surface area contributed by atoms with Crippen molar-refractivity contribution >= 4 is 5.97 Å². The largest absolute Gasteiger partial charge is 0.481 e.